The summed E-state index contributed by atoms with van der Waals surface area (Å²) in [7, 11) is 0. The molecule has 0 spiro atoms. The number of fused-ring (bicyclic) bond motifs is 3. The van der Waals surface area contributed by atoms with Crippen LogP contribution in [0.2, 0.25) is 0 Å². The van der Waals surface area contributed by atoms with Crippen LogP contribution in [-0.2, 0) is 22.6 Å². The average Bonchev–Trinajstić information content (AvgIpc) is 3.63. The van der Waals surface area contributed by atoms with Gasteiger partial charge in [-0.05, 0) is 55.8 Å². The fraction of sp³-hybridized carbons (Fsp3) is 0.485. The van der Waals surface area contributed by atoms with E-state index in [1.54, 1.807) is 6.20 Å². The van der Waals surface area contributed by atoms with Gasteiger partial charge in [0, 0.05) is 43.2 Å². The van der Waals surface area contributed by atoms with Crippen LogP contribution in [0.4, 0.5) is 16.0 Å². The third kappa shape index (κ3) is 5.44. The molecule has 11 nitrogen and oxygen atoms in total. The largest absolute Gasteiger partial charge is 0.461 e. The van der Waals surface area contributed by atoms with Gasteiger partial charge in [0.25, 0.3) is 5.91 Å². The van der Waals surface area contributed by atoms with Crippen LogP contribution in [0.3, 0.4) is 0 Å². The number of amides is 1. The van der Waals surface area contributed by atoms with Gasteiger partial charge < -0.3 is 25.0 Å². The Kier molecular flexibility index (Phi) is 7.75. The highest BCUT2D eigenvalue weighted by Gasteiger charge is 2.45. The Morgan fingerprint density at radius 1 is 1.22 bits per heavy atom. The number of halogens is 1. The van der Waals surface area contributed by atoms with Crippen LogP contribution in [0.1, 0.15) is 55.0 Å². The Bertz CT molecular complexity index is 1680. The Morgan fingerprint density at radius 2 is 2.04 bits per heavy atom. The highest BCUT2D eigenvalue weighted by atomic mass is 19.1. The second-order valence-electron chi connectivity index (χ2n) is 12.5. The summed E-state index contributed by atoms with van der Waals surface area (Å²) >= 11 is 0. The fourth-order valence-corrected chi connectivity index (χ4v) is 7.66. The van der Waals surface area contributed by atoms with E-state index in [1.165, 1.54) is 17.7 Å². The first-order valence-electron chi connectivity index (χ1n) is 15.7. The highest BCUT2D eigenvalue weighted by Crippen LogP contribution is 2.41. The Morgan fingerprint density at radius 3 is 2.82 bits per heavy atom. The number of nitriles is 1. The zero-order chi connectivity index (χ0) is 31.1. The summed E-state index contributed by atoms with van der Waals surface area (Å²) < 4.78 is 26.8. The molecule has 0 aliphatic carbocycles. The van der Waals surface area contributed by atoms with Crippen LogP contribution >= 0.6 is 0 Å². The Balaban J connectivity index is 1.22. The molecule has 2 N–H and O–H groups in total. The van der Waals surface area contributed by atoms with E-state index >= 15 is 0 Å². The number of anilines is 2. The lowest BCUT2D eigenvalue weighted by atomic mass is 9.95. The number of benzene rings is 1. The van der Waals surface area contributed by atoms with Gasteiger partial charge in [-0.3, -0.25) is 9.69 Å². The van der Waals surface area contributed by atoms with Crippen LogP contribution in [0.5, 0.6) is 6.01 Å². The number of rotatable bonds is 7. The number of pyridine rings is 1. The minimum Gasteiger partial charge on any atom is -0.461 e. The van der Waals surface area contributed by atoms with Crippen molar-refractivity contribution in [2.75, 3.05) is 50.0 Å². The summed E-state index contributed by atoms with van der Waals surface area (Å²) in [5.74, 6) is -0.677. The first kappa shape index (κ1) is 29.4. The van der Waals surface area contributed by atoms with Gasteiger partial charge in [-0.1, -0.05) is 24.8 Å². The molecule has 1 aromatic carbocycles. The molecule has 4 aliphatic heterocycles. The lowest BCUT2D eigenvalue weighted by Gasteiger charge is -2.42. The predicted molar refractivity (Wildman–Crippen MR) is 166 cm³/mol. The molecule has 234 valence electrons. The van der Waals surface area contributed by atoms with E-state index in [0.717, 1.165) is 53.5 Å². The molecule has 3 aromatic rings. The topological polar surface area (TPSA) is 134 Å². The van der Waals surface area contributed by atoms with E-state index in [-0.39, 0.29) is 31.2 Å². The van der Waals surface area contributed by atoms with Gasteiger partial charge in [-0.2, -0.15) is 15.2 Å². The Hall–Kier alpha value is -4.34. The monoisotopic (exact) mass is 612 g/mol. The van der Waals surface area contributed by atoms with Gasteiger partial charge in [0.05, 0.1) is 42.5 Å². The first-order valence-corrected chi connectivity index (χ1v) is 15.7. The van der Waals surface area contributed by atoms with Gasteiger partial charge in [0.2, 0.25) is 0 Å². The SMILES string of the molecule is C=C(F)C(=O)N1CCN(c2nc(OCC34CCCN3CCC4)nc3c2COC(c2cccc4cc(N)ncc24)C3)C[C@@H]1CC#N. The molecule has 0 saturated carbocycles. The summed E-state index contributed by atoms with van der Waals surface area (Å²) in [6.45, 7) is 7.12. The molecule has 6 heterocycles. The summed E-state index contributed by atoms with van der Waals surface area (Å²) in [5.41, 5.74) is 8.68. The van der Waals surface area contributed by atoms with E-state index < -0.39 is 17.8 Å². The second-order valence-corrected chi connectivity index (χ2v) is 12.5. The molecule has 1 unspecified atom stereocenters. The number of nitrogen functional groups attached to an aromatic ring is 1. The summed E-state index contributed by atoms with van der Waals surface area (Å²) in [4.78, 5) is 32.7. The smallest absolute Gasteiger partial charge is 0.318 e. The van der Waals surface area contributed by atoms with Crippen molar-refractivity contribution < 1.29 is 18.7 Å². The van der Waals surface area contributed by atoms with E-state index in [1.807, 2.05) is 29.2 Å². The number of nitrogens with two attached hydrogens (primary N) is 1. The zero-order valence-electron chi connectivity index (χ0n) is 25.3. The van der Waals surface area contributed by atoms with Crippen molar-refractivity contribution in [2.45, 2.75) is 62.8 Å². The van der Waals surface area contributed by atoms with Crippen LogP contribution < -0.4 is 15.4 Å². The highest BCUT2D eigenvalue weighted by molar-refractivity contribution is 5.91. The number of carbonyl (C=O) groups is 1. The van der Waals surface area contributed by atoms with Crippen molar-refractivity contribution in [1.82, 2.24) is 24.8 Å². The fourth-order valence-electron chi connectivity index (χ4n) is 7.66. The van der Waals surface area contributed by atoms with Crippen molar-refractivity contribution in [3.05, 3.63) is 59.7 Å². The van der Waals surface area contributed by atoms with Crippen molar-refractivity contribution >= 4 is 28.3 Å². The molecule has 12 heteroatoms. The van der Waals surface area contributed by atoms with Gasteiger partial charge in [0.15, 0.2) is 5.83 Å². The number of piperazine rings is 1. The number of aromatic nitrogens is 3. The van der Waals surface area contributed by atoms with E-state index in [9.17, 15) is 14.4 Å². The maximum atomic E-state index is 13.8. The molecule has 0 radical (unpaired) electrons. The predicted octanol–water partition coefficient (Wildman–Crippen LogP) is 3.84. The first-order chi connectivity index (χ1) is 21.8. The standard InChI is InChI=1S/C33H37FN8O3/c1-21(34)31(43)42-14-13-40(18-23(42)7-10-35)30-26-19-44-28(24-6-2-5-22-15-29(36)37-17-25(22)24)16-27(26)38-32(39-30)45-20-33-8-3-11-41(33)12-4-9-33/h2,5-6,15,17,23,28H,1,3-4,7-9,11-14,16,18-20H2,(H2,36,37)/t23-,28?/m0/s1. The number of ether oxygens (including phenoxy) is 2. The quantitative estimate of drug-likeness (QED) is 0.392. The number of hydrogen-bond acceptors (Lipinski definition) is 10. The van der Waals surface area contributed by atoms with Gasteiger partial charge in [0.1, 0.15) is 18.2 Å². The normalized spacial score (nSPS) is 22.6. The van der Waals surface area contributed by atoms with E-state index in [2.05, 4.69) is 22.5 Å². The molecular weight excluding hydrogens is 575 g/mol. The maximum Gasteiger partial charge on any atom is 0.318 e. The zero-order valence-corrected chi connectivity index (χ0v) is 25.3. The molecule has 3 saturated heterocycles. The average molecular weight is 613 g/mol. The minimum atomic E-state index is -1.03. The minimum absolute atomic E-state index is 0.0293. The maximum absolute atomic E-state index is 13.8. The van der Waals surface area contributed by atoms with Crippen LogP contribution in [-0.4, -0.2) is 81.6 Å². The van der Waals surface area contributed by atoms with Crippen molar-refractivity contribution in [2.24, 2.45) is 0 Å². The molecule has 4 aliphatic rings. The van der Waals surface area contributed by atoms with Crippen LogP contribution in [0, 0.1) is 11.3 Å². The second kappa shape index (κ2) is 11.9. The summed E-state index contributed by atoms with van der Waals surface area (Å²) in [5, 5.41) is 11.5. The summed E-state index contributed by atoms with van der Waals surface area (Å²) in [6.07, 6.45) is 6.62. The van der Waals surface area contributed by atoms with E-state index in [0.29, 0.717) is 43.8 Å². The van der Waals surface area contributed by atoms with Crippen LogP contribution in [0.25, 0.3) is 10.8 Å². The molecule has 2 atom stereocenters. The third-order valence-electron chi connectivity index (χ3n) is 9.91. The molecule has 1 amide bonds. The number of nitrogens with zero attached hydrogens (tertiary/aromatic N) is 7. The molecule has 2 aromatic heterocycles. The molecular formula is C33H37FN8O3. The van der Waals surface area contributed by atoms with Crippen molar-refractivity contribution in [3.8, 4) is 12.1 Å². The van der Waals surface area contributed by atoms with Gasteiger partial charge in [-0.25, -0.2) is 9.37 Å². The van der Waals surface area contributed by atoms with Crippen LogP contribution in [0.15, 0.2) is 42.9 Å². The lowest BCUT2D eigenvalue weighted by Crippen LogP contribution is -2.55. The third-order valence-corrected chi connectivity index (χ3v) is 9.91. The van der Waals surface area contributed by atoms with Crippen molar-refractivity contribution in [3.63, 3.8) is 0 Å². The van der Waals surface area contributed by atoms with Gasteiger partial charge >= 0.3 is 6.01 Å². The molecule has 3 fully saturated rings. The number of carbonyl (C=O) groups excluding carboxylic acids is 1. The number of hydrogen-bond donors (Lipinski definition) is 1. The van der Waals surface area contributed by atoms with E-state index in [4.69, 9.17) is 25.2 Å². The molecule has 7 rings (SSSR count). The lowest BCUT2D eigenvalue weighted by molar-refractivity contribution is -0.131. The van der Waals surface area contributed by atoms with Crippen molar-refractivity contribution in [1.29, 1.82) is 5.26 Å². The molecule has 45 heavy (non-hydrogen) atoms. The van der Waals surface area contributed by atoms with Gasteiger partial charge in [-0.15, -0.1) is 0 Å². The Labute approximate surface area is 261 Å². The summed E-state index contributed by atoms with van der Waals surface area (Å²) in [6, 6.07) is 9.85. The molecule has 0 bridgehead atoms.